The highest BCUT2D eigenvalue weighted by Crippen LogP contribution is 2.22. The van der Waals surface area contributed by atoms with E-state index in [1.54, 1.807) is 18.2 Å². The van der Waals surface area contributed by atoms with Crippen LogP contribution in [0.15, 0.2) is 76.1 Å². The first-order valence-corrected chi connectivity index (χ1v) is 9.46. The summed E-state index contributed by atoms with van der Waals surface area (Å²) in [6, 6.07) is 20.1. The van der Waals surface area contributed by atoms with E-state index >= 15 is 0 Å². The van der Waals surface area contributed by atoms with Gasteiger partial charge in [0.25, 0.3) is 5.91 Å². The standard InChI is InChI=1S/C23H18ClN3O2/c1-14-10-11-17(13-19(14)24)26-23-18(12-16-7-3-4-8-20(16)29-23)22(28)27-21-9-5-6-15(2)25-21/h3-13H,1-2H3,(H,25,27,28). The van der Waals surface area contributed by atoms with Crippen LogP contribution in [-0.4, -0.2) is 10.9 Å². The first-order chi connectivity index (χ1) is 14.0. The normalized spacial score (nSPS) is 11.6. The van der Waals surface area contributed by atoms with Crippen LogP contribution < -0.4 is 10.9 Å². The molecule has 2 aromatic heterocycles. The Morgan fingerprint density at radius 2 is 1.86 bits per heavy atom. The number of pyridine rings is 1. The summed E-state index contributed by atoms with van der Waals surface area (Å²) in [5, 5.41) is 4.21. The van der Waals surface area contributed by atoms with Gasteiger partial charge in [-0.1, -0.05) is 41.9 Å². The summed E-state index contributed by atoms with van der Waals surface area (Å²) < 4.78 is 5.96. The zero-order chi connectivity index (χ0) is 20.4. The molecule has 2 heterocycles. The summed E-state index contributed by atoms with van der Waals surface area (Å²) in [6.45, 7) is 3.78. The van der Waals surface area contributed by atoms with Crippen LogP contribution in [-0.2, 0) is 0 Å². The fourth-order valence-corrected chi connectivity index (χ4v) is 3.05. The third kappa shape index (κ3) is 4.20. The third-order valence-corrected chi connectivity index (χ3v) is 4.82. The number of aryl methyl sites for hydroxylation is 2. The van der Waals surface area contributed by atoms with Crippen molar-refractivity contribution in [2.45, 2.75) is 13.8 Å². The lowest BCUT2D eigenvalue weighted by atomic mass is 10.1. The Balaban J connectivity index is 1.84. The number of hydrogen-bond acceptors (Lipinski definition) is 4. The van der Waals surface area contributed by atoms with Gasteiger partial charge in [-0.3, -0.25) is 4.79 Å². The number of amides is 1. The van der Waals surface area contributed by atoms with Crippen LogP contribution in [0.5, 0.6) is 0 Å². The molecule has 1 N–H and O–H groups in total. The largest absolute Gasteiger partial charge is 0.438 e. The van der Waals surface area contributed by atoms with Crippen LogP contribution in [0.1, 0.15) is 21.6 Å². The van der Waals surface area contributed by atoms with Crippen LogP contribution in [0.25, 0.3) is 11.0 Å². The summed E-state index contributed by atoms with van der Waals surface area (Å²) >= 11 is 6.22. The average Bonchev–Trinajstić information content (AvgIpc) is 2.70. The van der Waals surface area contributed by atoms with Crippen molar-refractivity contribution in [3.8, 4) is 0 Å². The van der Waals surface area contributed by atoms with Crippen molar-refractivity contribution < 1.29 is 9.21 Å². The molecule has 1 amide bonds. The van der Waals surface area contributed by atoms with Crippen molar-refractivity contribution >= 4 is 40.0 Å². The smallest absolute Gasteiger partial charge is 0.262 e. The quantitative estimate of drug-likeness (QED) is 0.485. The van der Waals surface area contributed by atoms with Gasteiger partial charge in [-0.25, -0.2) is 9.98 Å². The molecule has 0 saturated carbocycles. The Morgan fingerprint density at radius 3 is 2.66 bits per heavy atom. The molecule has 0 spiro atoms. The molecule has 6 heteroatoms. The lowest BCUT2D eigenvalue weighted by molar-refractivity contribution is 0.102. The van der Waals surface area contributed by atoms with Gasteiger partial charge in [0.05, 0.1) is 5.69 Å². The number of hydrogen-bond donors (Lipinski definition) is 1. The first-order valence-electron chi connectivity index (χ1n) is 9.08. The number of nitrogens with one attached hydrogen (secondary N) is 1. The predicted octanol–water partition coefficient (Wildman–Crippen LogP) is 5.58. The topological polar surface area (TPSA) is 67.5 Å². The monoisotopic (exact) mass is 403 g/mol. The number of fused-ring (bicyclic) bond motifs is 1. The highest BCUT2D eigenvalue weighted by molar-refractivity contribution is 6.31. The zero-order valence-corrected chi connectivity index (χ0v) is 16.7. The molecular weight excluding hydrogens is 386 g/mol. The third-order valence-electron chi connectivity index (χ3n) is 4.42. The van der Waals surface area contributed by atoms with Crippen molar-refractivity contribution in [3.63, 3.8) is 0 Å². The van der Waals surface area contributed by atoms with Gasteiger partial charge in [0, 0.05) is 16.1 Å². The van der Waals surface area contributed by atoms with Crippen LogP contribution in [0, 0.1) is 13.8 Å². The Morgan fingerprint density at radius 1 is 1.03 bits per heavy atom. The van der Waals surface area contributed by atoms with E-state index in [1.807, 2.05) is 62.4 Å². The van der Waals surface area contributed by atoms with Gasteiger partial charge in [0.2, 0.25) is 5.55 Å². The second-order valence-corrected chi connectivity index (χ2v) is 7.07. The van der Waals surface area contributed by atoms with Gasteiger partial charge in [0.15, 0.2) is 0 Å². The second kappa shape index (κ2) is 7.89. The Labute approximate surface area is 172 Å². The fourth-order valence-electron chi connectivity index (χ4n) is 2.88. The van der Waals surface area contributed by atoms with Crippen LogP contribution in [0.4, 0.5) is 11.5 Å². The molecule has 0 atom stereocenters. The number of aromatic nitrogens is 1. The SMILES string of the molecule is Cc1cccc(NC(=O)c2cc3ccccc3oc2=Nc2ccc(C)c(Cl)c2)n1. The van der Waals surface area contributed by atoms with Gasteiger partial charge in [-0.2, -0.15) is 0 Å². The molecule has 2 aromatic carbocycles. The Kier molecular flexibility index (Phi) is 5.14. The number of carbonyl (C=O) groups excluding carboxylic acids is 1. The fraction of sp³-hybridized carbons (Fsp3) is 0.0870. The molecule has 0 aliphatic rings. The van der Waals surface area contributed by atoms with Crippen LogP contribution in [0.2, 0.25) is 5.02 Å². The number of rotatable bonds is 3. The summed E-state index contributed by atoms with van der Waals surface area (Å²) in [4.78, 5) is 21.9. The number of anilines is 1. The molecule has 0 radical (unpaired) electrons. The van der Waals surface area contributed by atoms with Gasteiger partial charge < -0.3 is 9.73 Å². The molecule has 0 aliphatic carbocycles. The van der Waals surface area contributed by atoms with Crippen LogP contribution >= 0.6 is 11.6 Å². The van der Waals surface area contributed by atoms with Crippen molar-refractivity contribution in [3.05, 3.63) is 94.1 Å². The molecular formula is C23H18ClN3O2. The maximum atomic E-state index is 13.0. The number of benzene rings is 2. The van der Waals surface area contributed by atoms with Gasteiger partial charge >= 0.3 is 0 Å². The molecule has 0 fully saturated rings. The first kappa shape index (κ1) is 18.9. The molecule has 29 heavy (non-hydrogen) atoms. The van der Waals surface area contributed by atoms with Crippen molar-refractivity contribution in [2.24, 2.45) is 4.99 Å². The van der Waals surface area contributed by atoms with E-state index in [4.69, 9.17) is 16.0 Å². The van der Waals surface area contributed by atoms with E-state index < -0.39 is 0 Å². The van der Waals surface area contributed by atoms with Gasteiger partial charge in [-0.15, -0.1) is 0 Å². The van der Waals surface area contributed by atoms with Crippen molar-refractivity contribution in [1.82, 2.24) is 4.98 Å². The molecule has 144 valence electrons. The van der Waals surface area contributed by atoms with E-state index in [2.05, 4.69) is 15.3 Å². The number of halogens is 1. The highest BCUT2D eigenvalue weighted by atomic mass is 35.5. The van der Waals surface area contributed by atoms with Crippen molar-refractivity contribution in [2.75, 3.05) is 5.32 Å². The maximum Gasteiger partial charge on any atom is 0.262 e. The Bertz CT molecular complexity index is 1290. The molecule has 4 rings (SSSR count). The summed E-state index contributed by atoms with van der Waals surface area (Å²) in [5.41, 5.74) is 3.50. The molecule has 0 unspecified atom stereocenters. The minimum atomic E-state index is -0.352. The lowest BCUT2D eigenvalue weighted by Crippen LogP contribution is -2.22. The van der Waals surface area contributed by atoms with Gasteiger partial charge in [-0.05, 0) is 55.8 Å². The number of carbonyl (C=O) groups is 1. The van der Waals surface area contributed by atoms with E-state index in [-0.39, 0.29) is 11.5 Å². The number of nitrogens with zero attached hydrogens (tertiary/aromatic N) is 2. The second-order valence-electron chi connectivity index (χ2n) is 6.67. The summed E-state index contributed by atoms with van der Waals surface area (Å²) in [5.74, 6) is 0.113. The summed E-state index contributed by atoms with van der Waals surface area (Å²) in [6.07, 6.45) is 0. The highest BCUT2D eigenvalue weighted by Gasteiger charge is 2.14. The molecule has 5 nitrogen and oxygen atoms in total. The minimum Gasteiger partial charge on any atom is -0.438 e. The van der Waals surface area contributed by atoms with E-state index in [1.165, 1.54) is 0 Å². The average molecular weight is 404 g/mol. The van der Waals surface area contributed by atoms with E-state index in [0.717, 1.165) is 16.6 Å². The lowest BCUT2D eigenvalue weighted by Gasteiger charge is -2.07. The molecule has 0 bridgehead atoms. The Hall–Kier alpha value is -3.44. The number of para-hydroxylation sites is 1. The molecule has 4 aromatic rings. The predicted molar refractivity (Wildman–Crippen MR) is 115 cm³/mol. The minimum absolute atomic E-state index is 0.203. The maximum absolute atomic E-state index is 13.0. The zero-order valence-electron chi connectivity index (χ0n) is 15.9. The molecule has 0 saturated heterocycles. The van der Waals surface area contributed by atoms with E-state index in [0.29, 0.717) is 27.7 Å². The summed E-state index contributed by atoms with van der Waals surface area (Å²) in [7, 11) is 0. The van der Waals surface area contributed by atoms with Crippen molar-refractivity contribution in [1.29, 1.82) is 0 Å². The van der Waals surface area contributed by atoms with E-state index in [9.17, 15) is 4.79 Å². The van der Waals surface area contributed by atoms with Gasteiger partial charge in [0.1, 0.15) is 17.0 Å². The van der Waals surface area contributed by atoms with Crippen LogP contribution in [0.3, 0.4) is 0 Å². The molecule has 0 aliphatic heterocycles.